The number of rotatable bonds is 8. The van der Waals surface area contributed by atoms with Crippen LogP contribution in [0.2, 0.25) is 0 Å². The summed E-state index contributed by atoms with van der Waals surface area (Å²) in [6.07, 6.45) is 3.35. The minimum absolute atomic E-state index is 0.0450. The Morgan fingerprint density at radius 2 is 2.14 bits per heavy atom. The molecule has 0 radical (unpaired) electrons. The maximum Gasteiger partial charge on any atom is 0.374 e. The number of benzene rings is 1. The number of nitro benzene ring substituents is 1. The van der Waals surface area contributed by atoms with Crippen molar-refractivity contribution in [3.05, 3.63) is 70.4 Å². The van der Waals surface area contributed by atoms with Crippen LogP contribution in [0.3, 0.4) is 0 Å². The van der Waals surface area contributed by atoms with Gasteiger partial charge in [-0.1, -0.05) is 0 Å². The summed E-state index contributed by atoms with van der Waals surface area (Å²) >= 11 is 0. The topological polar surface area (TPSA) is 139 Å². The number of carbonyl (C=O) groups is 2. The molecule has 0 bridgehead atoms. The highest BCUT2D eigenvalue weighted by molar-refractivity contribution is 5.96. The number of hydrogen-bond donors (Lipinski definition) is 1. The number of furan rings is 1. The van der Waals surface area contributed by atoms with Crippen molar-refractivity contribution in [2.24, 2.45) is 0 Å². The summed E-state index contributed by atoms with van der Waals surface area (Å²) in [5.41, 5.74) is -0.394. The molecule has 0 unspecified atom stereocenters. The maximum absolute atomic E-state index is 12.0. The summed E-state index contributed by atoms with van der Waals surface area (Å²) in [5, 5.41) is 17.5. The predicted octanol–water partition coefficient (Wildman–Crippen LogP) is 2.24. The summed E-state index contributed by atoms with van der Waals surface area (Å²) in [4.78, 5) is 34.5. The van der Waals surface area contributed by atoms with Gasteiger partial charge in [-0.05, 0) is 30.3 Å². The lowest BCUT2D eigenvalue weighted by Crippen LogP contribution is -2.21. The van der Waals surface area contributed by atoms with Gasteiger partial charge in [0.2, 0.25) is 5.76 Å². The molecule has 1 N–H and O–H groups in total. The van der Waals surface area contributed by atoms with E-state index < -0.39 is 23.4 Å². The highest BCUT2D eigenvalue weighted by Gasteiger charge is 2.19. The zero-order chi connectivity index (χ0) is 20.8. The Labute approximate surface area is 164 Å². The SMILES string of the molecule is COc1ccc(NC(=O)COC(=O)c2ccc(Cn3cccn3)o2)c([N+](=O)[O-])c1. The van der Waals surface area contributed by atoms with Crippen LogP contribution >= 0.6 is 0 Å². The molecule has 3 rings (SSSR count). The number of esters is 1. The minimum Gasteiger partial charge on any atom is -0.496 e. The number of ether oxygens (including phenoxy) is 2. The van der Waals surface area contributed by atoms with E-state index in [1.165, 1.54) is 31.4 Å². The van der Waals surface area contributed by atoms with Crippen LogP contribution in [0, 0.1) is 10.1 Å². The Hall–Kier alpha value is -4.15. The summed E-state index contributed by atoms with van der Waals surface area (Å²) < 4.78 is 16.8. The standard InChI is InChI=1S/C18H16N4O7/c1-27-12-3-5-14(15(9-12)22(25)26)20-17(23)11-28-18(24)16-6-4-13(29-16)10-21-8-2-7-19-21/h2-9H,10-11H2,1H3,(H,20,23). The first-order chi connectivity index (χ1) is 14.0. The highest BCUT2D eigenvalue weighted by atomic mass is 16.6. The molecule has 3 aromatic rings. The first-order valence-corrected chi connectivity index (χ1v) is 8.32. The zero-order valence-electron chi connectivity index (χ0n) is 15.2. The van der Waals surface area contributed by atoms with Crippen molar-refractivity contribution in [3.8, 4) is 5.75 Å². The van der Waals surface area contributed by atoms with Crippen molar-refractivity contribution in [1.29, 1.82) is 0 Å². The van der Waals surface area contributed by atoms with Crippen LogP contribution in [0.5, 0.6) is 5.75 Å². The third-order valence-corrected chi connectivity index (χ3v) is 3.75. The summed E-state index contributed by atoms with van der Waals surface area (Å²) in [6, 6.07) is 8.73. The predicted molar refractivity (Wildman–Crippen MR) is 98.6 cm³/mol. The third-order valence-electron chi connectivity index (χ3n) is 3.75. The van der Waals surface area contributed by atoms with E-state index in [4.69, 9.17) is 13.9 Å². The number of methoxy groups -OCH3 is 1. The van der Waals surface area contributed by atoms with Crippen LogP contribution in [-0.2, 0) is 16.1 Å². The molecular weight excluding hydrogens is 384 g/mol. The van der Waals surface area contributed by atoms with E-state index in [0.717, 1.165) is 0 Å². The van der Waals surface area contributed by atoms with Crippen LogP contribution in [0.15, 0.2) is 53.2 Å². The van der Waals surface area contributed by atoms with Crippen molar-refractivity contribution in [2.75, 3.05) is 19.0 Å². The maximum atomic E-state index is 12.0. The second kappa shape index (κ2) is 8.69. The van der Waals surface area contributed by atoms with Crippen molar-refractivity contribution in [3.63, 3.8) is 0 Å². The molecule has 1 amide bonds. The second-order valence-electron chi connectivity index (χ2n) is 5.73. The number of nitro groups is 1. The fourth-order valence-corrected chi connectivity index (χ4v) is 2.41. The monoisotopic (exact) mass is 400 g/mol. The Bertz CT molecular complexity index is 1030. The van der Waals surface area contributed by atoms with E-state index in [9.17, 15) is 19.7 Å². The van der Waals surface area contributed by atoms with Gasteiger partial charge in [0.25, 0.3) is 11.6 Å². The zero-order valence-corrected chi connectivity index (χ0v) is 15.2. The van der Waals surface area contributed by atoms with Crippen LogP contribution in [0.4, 0.5) is 11.4 Å². The second-order valence-corrected chi connectivity index (χ2v) is 5.73. The van der Waals surface area contributed by atoms with Gasteiger partial charge in [-0.25, -0.2) is 4.79 Å². The molecule has 11 nitrogen and oxygen atoms in total. The molecule has 0 aliphatic heterocycles. The van der Waals surface area contributed by atoms with Crippen molar-refractivity contribution < 1.29 is 28.4 Å². The first kappa shape index (κ1) is 19.6. The lowest BCUT2D eigenvalue weighted by Gasteiger charge is -2.07. The largest absolute Gasteiger partial charge is 0.496 e. The van der Waals surface area contributed by atoms with Crippen LogP contribution < -0.4 is 10.1 Å². The Morgan fingerprint density at radius 3 is 2.83 bits per heavy atom. The number of carbonyl (C=O) groups excluding carboxylic acids is 2. The van der Waals surface area contributed by atoms with E-state index in [1.807, 2.05) is 0 Å². The number of nitrogens with one attached hydrogen (secondary N) is 1. The molecule has 29 heavy (non-hydrogen) atoms. The summed E-state index contributed by atoms with van der Waals surface area (Å²) in [5.74, 6) is -0.898. The van der Waals surface area contributed by atoms with E-state index in [-0.39, 0.29) is 22.9 Å². The summed E-state index contributed by atoms with van der Waals surface area (Å²) in [6.45, 7) is -0.306. The molecule has 0 fully saturated rings. The van der Waals surface area contributed by atoms with E-state index in [2.05, 4.69) is 10.4 Å². The van der Waals surface area contributed by atoms with Crippen LogP contribution in [0.25, 0.3) is 0 Å². The molecule has 0 aliphatic rings. The molecule has 0 aliphatic carbocycles. The van der Waals surface area contributed by atoms with E-state index in [0.29, 0.717) is 12.3 Å². The molecule has 0 atom stereocenters. The number of aromatic nitrogens is 2. The van der Waals surface area contributed by atoms with Crippen molar-refractivity contribution in [1.82, 2.24) is 9.78 Å². The molecule has 1 aromatic carbocycles. The molecule has 0 spiro atoms. The van der Waals surface area contributed by atoms with E-state index >= 15 is 0 Å². The van der Waals surface area contributed by atoms with Crippen LogP contribution in [0.1, 0.15) is 16.3 Å². The normalized spacial score (nSPS) is 10.4. The average molecular weight is 400 g/mol. The van der Waals surface area contributed by atoms with Gasteiger partial charge in [-0.3, -0.25) is 19.6 Å². The third kappa shape index (κ3) is 4.97. The molecular formula is C18H16N4O7. The van der Waals surface area contributed by atoms with Gasteiger partial charge >= 0.3 is 5.97 Å². The highest BCUT2D eigenvalue weighted by Crippen LogP contribution is 2.28. The Kier molecular flexibility index (Phi) is 5.88. The Balaban J connectivity index is 1.56. The Morgan fingerprint density at radius 1 is 1.31 bits per heavy atom. The average Bonchev–Trinajstić information content (AvgIpc) is 3.39. The number of anilines is 1. The molecule has 0 saturated carbocycles. The minimum atomic E-state index is -0.837. The van der Waals surface area contributed by atoms with Gasteiger partial charge in [0.1, 0.15) is 17.2 Å². The van der Waals surface area contributed by atoms with Gasteiger partial charge in [-0.15, -0.1) is 0 Å². The van der Waals surface area contributed by atoms with Crippen LogP contribution in [-0.4, -0.2) is 40.3 Å². The van der Waals surface area contributed by atoms with E-state index in [1.54, 1.807) is 29.2 Å². The fraction of sp³-hybridized carbons (Fsp3) is 0.167. The molecule has 0 saturated heterocycles. The molecule has 2 aromatic heterocycles. The van der Waals surface area contributed by atoms with Gasteiger partial charge in [0, 0.05) is 12.4 Å². The van der Waals surface area contributed by atoms with Gasteiger partial charge < -0.3 is 19.2 Å². The molecule has 150 valence electrons. The molecule has 2 heterocycles. The lowest BCUT2D eigenvalue weighted by atomic mass is 10.2. The van der Waals surface area contributed by atoms with Gasteiger partial charge in [-0.2, -0.15) is 5.10 Å². The van der Waals surface area contributed by atoms with Crippen molar-refractivity contribution >= 4 is 23.3 Å². The van der Waals surface area contributed by atoms with Gasteiger partial charge in [0.15, 0.2) is 6.61 Å². The lowest BCUT2D eigenvalue weighted by molar-refractivity contribution is -0.384. The summed E-state index contributed by atoms with van der Waals surface area (Å²) in [7, 11) is 1.37. The number of amides is 1. The van der Waals surface area contributed by atoms with Gasteiger partial charge in [0.05, 0.1) is 24.6 Å². The smallest absolute Gasteiger partial charge is 0.374 e. The quantitative estimate of drug-likeness (QED) is 0.345. The van der Waals surface area contributed by atoms with Crippen molar-refractivity contribution in [2.45, 2.75) is 6.54 Å². The number of hydrogen-bond acceptors (Lipinski definition) is 8. The first-order valence-electron chi connectivity index (χ1n) is 8.32. The molecule has 11 heteroatoms. The fourth-order valence-electron chi connectivity index (χ4n) is 2.41. The number of nitrogens with zero attached hydrogens (tertiary/aromatic N) is 3.